The molecule has 2 aromatic heterocycles. The summed E-state index contributed by atoms with van der Waals surface area (Å²) >= 11 is 0. The van der Waals surface area contributed by atoms with Crippen LogP contribution >= 0.6 is 0 Å². The van der Waals surface area contributed by atoms with Gasteiger partial charge < -0.3 is 9.32 Å². The Hall–Kier alpha value is -2.03. The van der Waals surface area contributed by atoms with Gasteiger partial charge in [-0.1, -0.05) is 26.0 Å². The van der Waals surface area contributed by atoms with Crippen molar-refractivity contribution in [3.05, 3.63) is 35.5 Å². The molecule has 0 radical (unpaired) electrons. The number of pyridine rings is 1. The van der Waals surface area contributed by atoms with Gasteiger partial charge in [0.15, 0.2) is 5.58 Å². The number of fused-ring (bicyclic) bond motifs is 3. The highest BCUT2D eigenvalue weighted by atomic mass is 16.3. The average molecular weight is 351 g/mol. The van der Waals surface area contributed by atoms with E-state index in [1.165, 1.54) is 11.3 Å². The summed E-state index contributed by atoms with van der Waals surface area (Å²) in [5.74, 6) is 0. The fraction of sp³-hybridized carbons (Fsp3) is 0.522. The van der Waals surface area contributed by atoms with E-state index in [2.05, 4.69) is 82.6 Å². The van der Waals surface area contributed by atoms with Crippen LogP contribution in [-0.2, 0) is 0 Å². The Morgan fingerprint density at radius 3 is 2.19 bits per heavy atom. The Morgan fingerprint density at radius 2 is 1.58 bits per heavy atom. The summed E-state index contributed by atoms with van der Waals surface area (Å²) in [6.07, 6.45) is 1.14. The van der Waals surface area contributed by atoms with Crippen LogP contribution in [-0.4, -0.2) is 16.1 Å². The zero-order valence-corrected chi connectivity index (χ0v) is 17.3. The van der Waals surface area contributed by atoms with E-state index in [0.717, 1.165) is 34.2 Å². The third-order valence-corrected chi connectivity index (χ3v) is 6.74. The lowest BCUT2D eigenvalue weighted by Crippen LogP contribution is -2.52. The van der Waals surface area contributed by atoms with E-state index < -0.39 is 0 Å². The number of rotatable bonds is 1. The second-order valence-electron chi connectivity index (χ2n) is 9.78. The number of aryl methyl sites for hydroxylation is 2. The maximum Gasteiger partial charge on any atom is 0.227 e. The summed E-state index contributed by atoms with van der Waals surface area (Å²) in [6.45, 7) is 18.4. The molecule has 1 aliphatic heterocycles. The van der Waals surface area contributed by atoms with E-state index in [4.69, 9.17) is 4.42 Å². The molecule has 3 heterocycles. The lowest BCUT2D eigenvalue weighted by atomic mass is 9.74. The summed E-state index contributed by atoms with van der Waals surface area (Å²) in [5.41, 5.74) is 5.43. The van der Waals surface area contributed by atoms with Crippen LogP contribution in [0.3, 0.4) is 0 Å². The summed E-state index contributed by atoms with van der Waals surface area (Å²) < 4.78 is 6.36. The Morgan fingerprint density at radius 1 is 0.923 bits per heavy atom. The van der Waals surface area contributed by atoms with Crippen LogP contribution in [0.2, 0.25) is 0 Å². The maximum absolute atomic E-state index is 6.36. The van der Waals surface area contributed by atoms with Crippen molar-refractivity contribution in [3.8, 4) is 0 Å². The third kappa shape index (κ3) is 2.15. The zero-order valence-electron chi connectivity index (χ0n) is 17.3. The quantitative estimate of drug-likeness (QED) is 0.509. The van der Waals surface area contributed by atoms with Crippen molar-refractivity contribution < 1.29 is 4.42 Å². The van der Waals surface area contributed by atoms with E-state index in [1.54, 1.807) is 0 Å². The summed E-state index contributed by atoms with van der Waals surface area (Å²) in [6, 6.07) is 8.60. The second kappa shape index (κ2) is 5.03. The highest BCUT2D eigenvalue weighted by Gasteiger charge is 2.56. The Kier molecular flexibility index (Phi) is 3.36. The molecule has 0 saturated carbocycles. The van der Waals surface area contributed by atoms with Crippen molar-refractivity contribution in [2.45, 2.75) is 72.9 Å². The van der Waals surface area contributed by atoms with Crippen LogP contribution in [0.4, 0.5) is 5.69 Å². The van der Waals surface area contributed by atoms with Gasteiger partial charge in [0.1, 0.15) is 0 Å². The molecule has 0 aliphatic carbocycles. The molecule has 1 aliphatic rings. The van der Waals surface area contributed by atoms with Crippen molar-refractivity contribution >= 4 is 27.8 Å². The van der Waals surface area contributed by atoms with Gasteiger partial charge in [0, 0.05) is 27.5 Å². The largest absolute Gasteiger partial charge is 0.436 e. The molecule has 1 saturated heterocycles. The van der Waals surface area contributed by atoms with Crippen LogP contribution in [0.1, 0.15) is 59.2 Å². The normalized spacial score (nSPS) is 21.0. The fourth-order valence-corrected chi connectivity index (χ4v) is 5.19. The van der Waals surface area contributed by atoms with Crippen LogP contribution < -0.4 is 4.90 Å². The summed E-state index contributed by atoms with van der Waals surface area (Å²) in [5, 5.41) is 2.25. The van der Waals surface area contributed by atoms with Crippen molar-refractivity contribution in [2.24, 2.45) is 5.41 Å². The van der Waals surface area contributed by atoms with E-state index in [-0.39, 0.29) is 16.5 Å². The van der Waals surface area contributed by atoms with Crippen molar-refractivity contribution in [1.29, 1.82) is 0 Å². The third-order valence-electron chi connectivity index (χ3n) is 6.74. The van der Waals surface area contributed by atoms with Crippen LogP contribution in [0.25, 0.3) is 22.1 Å². The average Bonchev–Trinajstić information content (AvgIpc) is 2.90. The summed E-state index contributed by atoms with van der Waals surface area (Å²) in [4.78, 5) is 7.23. The number of hydrogen-bond donors (Lipinski definition) is 0. The molecule has 1 aromatic carbocycles. The zero-order chi connectivity index (χ0) is 19.1. The fourth-order valence-electron chi connectivity index (χ4n) is 5.19. The number of nitrogens with zero attached hydrogens (tertiary/aromatic N) is 2. The van der Waals surface area contributed by atoms with Gasteiger partial charge in [-0.3, -0.25) is 0 Å². The van der Waals surface area contributed by atoms with E-state index in [1.807, 2.05) is 6.92 Å². The molecular formula is C23H30N2O. The van der Waals surface area contributed by atoms with Crippen molar-refractivity contribution in [2.75, 3.05) is 4.90 Å². The van der Waals surface area contributed by atoms with E-state index in [0.29, 0.717) is 0 Å². The smallest absolute Gasteiger partial charge is 0.227 e. The van der Waals surface area contributed by atoms with Gasteiger partial charge >= 0.3 is 0 Å². The molecular weight excluding hydrogens is 320 g/mol. The second-order valence-corrected chi connectivity index (χ2v) is 9.78. The number of aromatic nitrogens is 1. The molecule has 26 heavy (non-hydrogen) atoms. The first-order chi connectivity index (χ1) is 12.0. The highest BCUT2D eigenvalue weighted by Crippen LogP contribution is 2.56. The SMILES string of the molecule is Cc1ccc2c(n1)oc1c(N3C(C)(C)CC(C)(C)C3(C)C)c(C)ccc12. The lowest BCUT2D eigenvalue weighted by Gasteiger charge is -2.46. The topological polar surface area (TPSA) is 29.3 Å². The molecule has 0 atom stereocenters. The van der Waals surface area contributed by atoms with Gasteiger partial charge in [-0.2, -0.15) is 0 Å². The number of furan rings is 1. The molecule has 0 unspecified atom stereocenters. The molecule has 0 spiro atoms. The predicted molar refractivity (Wildman–Crippen MR) is 110 cm³/mol. The molecule has 0 amide bonds. The number of anilines is 1. The monoisotopic (exact) mass is 350 g/mol. The first kappa shape index (κ1) is 17.4. The van der Waals surface area contributed by atoms with Gasteiger partial charge in [0.25, 0.3) is 0 Å². The number of benzene rings is 1. The molecule has 4 rings (SSSR count). The lowest BCUT2D eigenvalue weighted by molar-refractivity contribution is 0.243. The first-order valence-electron chi connectivity index (χ1n) is 9.55. The standard InChI is InChI=1S/C23H30N2O/c1-14-9-11-16-17-12-10-15(2)24-20(17)26-19(16)18(14)25-22(5,6)13-21(3,4)23(25,7)8/h9-12H,13H2,1-8H3. The van der Waals surface area contributed by atoms with Crippen LogP contribution in [0, 0.1) is 19.3 Å². The van der Waals surface area contributed by atoms with Gasteiger partial charge in [-0.05, 0) is 71.1 Å². The maximum atomic E-state index is 6.36. The Labute approximate surface area is 156 Å². The minimum Gasteiger partial charge on any atom is -0.436 e. The molecule has 3 aromatic rings. The summed E-state index contributed by atoms with van der Waals surface area (Å²) in [7, 11) is 0. The molecule has 138 valence electrons. The Balaban J connectivity index is 2.08. The molecule has 3 nitrogen and oxygen atoms in total. The minimum atomic E-state index is 0.0118. The van der Waals surface area contributed by atoms with E-state index >= 15 is 0 Å². The minimum absolute atomic E-state index is 0.0118. The first-order valence-corrected chi connectivity index (χ1v) is 9.55. The molecule has 3 heteroatoms. The van der Waals surface area contributed by atoms with Gasteiger partial charge in [-0.15, -0.1) is 0 Å². The van der Waals surface area contributed by atoms with Gasteiger partial charge in [0.05, 0.1) is 5.69 Å². The molecule has 1 fully saturated rings. The van der Waals surface area contributed by atoms with Gasteiger partial charge in [-0.25, -0.2) is 4.98 Å². The molecule has 0 bridgehead atoms. The molecule has 0 N–H and O–H groups in total. The van der Waals surface area contributed by atoms with Crippen molar-refractivity contribution in [3.63, 3.8) is 0 Å². The van der Waals surface area contributed by atoms with Crippen LogP contribution in [0.15, 0.2) is 28.7 Å². The van der Waals surface area contributed by atoms with E-state index in [9.17, 15) is 0 Å². The highest BCUT2D eigenvalue weighted by molar-refractivity contribution is 6.08. The van der Waals surface area contributed by atoms with Crippen LogP contribution in [0.5, 0.6) is 0 Å². The predicted octanol–water partition coefficient (Wildman–Crippen LogP) is 6.39. The van der Waals surface area contributed by atoms with Crippen molar-refractivity contribution in [1.82, 2.24) is 4.98 Å². The Bertz CT molecular complexity index is 1020. The number of hydrogen-bond acceptors (Lipinski definition) is 3. The van der Waals surface area contributed by atoms with Gasteiger partial charge in [0.2, 0.25) is 5.71 Å².